The third-order valence-corrected chi connectivity index (χ3v) is 8.13. The number of aromatic nitrogens is 2. The fourth-order valence-electron chi connectivity index (χ4n) is 5.59. The molecule has 0 N–H and O–H groups in total. The minimum absolute atomic E-state index is 0.0327. The van der Waals surface area contributed by atoms with E-state index in [1.807, 2.05) is 25.9 Å². The Labute approximate surface area is 300 Å². The summed E-state index contributed by atoms with van der Waals surface area (Å²) in [6.45, 7) is 8.01. The Bertz CT molecular complexity index is 1920. The van der Waals surface area contributed by atoms with Gasteiger partial charge in [-0.15, -0.1) is 0 Å². The van der Waals surface area contributed by atoms with E-state index in [0.717, 1.165) is 6.07 Å². The molecule has 0 aliphatic carbocycles. The summed E-state index contributed by atoms with van der Waals surface area (Å²) < 4.78 is 67.2. The van der Waals surface area contributed by atoms with Crippen molar-refractivity contribution in [1.82, 2.24) is 24.3 Å². The standard InChI is InChI=1S/C38H45F4N5O5/c1-8-51-27-16-14-26(15-17-27)47-34(43-31-12-10-9-11-28(31)35(47)49)32(19-20-45(7)36(50)52-37(2,3)4)46(22-21-44(5)6)33(48)24-25-13-18-29(30(39)23-25)38(40,41)42/h9-18,23,32H,8,19-22,24H2,1-7H3. The number of rotatable bonds is 13. The van der Waals surface area contributed by atoms with Gasteiger partial charge >= 0.3 is 12.3 Å². The normalized spacial score (nSPS) is 12.5. The highest BCUT2D eigenvalue weighted by Crippen LogP contribution is 2.32. The van der Waals surface area contributed by atoms with E-state index in [9.17, 15) is 31.9 Å². The van der Waals surface area contributed by atoms with E-state index in [-0.39, 0.29) is 30.9 Å². The van der Waals surface area contributed by atoms with Crippen molar-refractivity contribution in [3.63, 3.8) is 0 Å². The smallest absolute Gasteiger partial charge is 0.419 e. The maximum atomic E-state index is 14.6. The van der Waals surface area contributed by atoms with Crippen molar-refractivity contribution in [2.24, 2.45) is 0 Å². The van der Waals surface area contributed by atoms with E-state index in [0.29, 0.717) is 47.6 Å². The molecule has 0 spiro atoms. The van der Waals surface area contributed by atoms with Gasteiger partial charge in [-0.05, 0) is 102 Å². The van der Waals surface area contributed by atoms with Gasteiger partial charge in [0.05, 0.1) is 41.2 Å². The molecule has 0 aliphatic rings. The summed E-state index contributed by atoms with van der Waals surface area (Å²) in [7, 11) is 5.17. The third-order valence-electron chi connectivity index (χ3n) is 8.13. The van der Waals surface area contributed by atoms with Gasteiger partial charge in [-0.3, -0.25) is 14.2 Å². The van der Waals surface area contributed by atoms with Crippen molar-refractivity contribution in [2.45, 2.75) is 58.4 Å². The van der Waals surface area contributed by atoms with Gasteiger partial charge in [0.15, 0.2) is 0 Å². The van der Waals surface area contributed by atoms with Crippen molar-refractivity contribution < 1.29 is 36.6 Å². The molecular formula is C38H45F4N5O5. The summed E-state index contributed by atoms with van der Waals surface area (Å²) >= 11 is 0. The number of hydrogen-bond donors (Lipinski definition) is 0. The molecule has 0 fully saturated rings. The van der Waals surface area contributed by atoms with E-state index in [1.54, 1.807) is 76.3 Å². The molecule has 0 saturated carbocycles. The monoisotopic (exact) mass is 727 g/mol. The quantitative estimate of drug-likeness (QED) is 0.139. The summed E-state index contributed by atoms with van der Waals surface area (Å²) in [5.41, 5.74) is -1.76. The summed E-state index contributed by atoms with van der Waals surface area (Å²) in [5.74, 6) is -1.27. The number of carbonyl (C=O) groups is 2. The number of para-hydroxylation sites is 1. The summed E-state index contributed by atoms with van der Waals surface area (Å²) in [6, 6.07) is 15.1. The second-order valence-electron chi connectivity index (χ2n) is 13.6. The highest BCUT2D eigenvalue weighted by atomic mass is 19.4. The first-order valence-electron chi connectivity index (χ1n) is 16.9. The zero-order valence-corrected chi connectivity index (χ0v) is 30.5. The first-order valence-corrected chi connectivity index (χ1v) is 16.9. The van der Waals surface area contributed by atoms with Crippen LogP contribution in [0, 0.1) is 5.82 Å². The van der Waals surface area contributed by atoms with Gasteiger partial charge in [-0.25, -0.2) is 14.2 Å². The van der Waals surface area contributed by atoms with Crippen molar-refractivity contribution in [3.8, 4) is 11.4 Å². The largest absolute Gasteiger partial charge is 0.494 e. The average Bonchev–Trinajstić information content (AvgIpc) is 3.05. The lowest BCUT2D eigenvalue weighted by Gasteiger charge is -2.35. The van der Waals surface area contributed by atoms with Crippen LogP contribution in [0.15, 0.2) is 71.5 Å². The van der Waals surface area contributed by atoms with Crippen LogP contribution >= 0.6 is 0 Å². The molecule has 2 amide bonds. The molecule has 0 saturated heterocycles. The van der Waals surface area contributed by atoms with E-state index < -0.39 is 53.2 Å². The van der Waals surface area contributed by atoms with Crippen LogP contribution in [0.5, 0.6) is 5.75 Å². The minimum atomic E-state index is -4.90. The van der Waals surface area contributed by atoms with Gasteiger partial charge in [-0.2, -0.15) is 13.2 Å². The van der Waals surface area contributed by atoms with Crippen LogP contribution in [0.25, 0.3) is 16.6 Å². The fourth-order valence-corrected chi connectivity index (χ4v) is 5.59. The van der Waals surface area contributed by atoms with Gasteiger partial charge in [0.1, 0.15) is 23.0 Å². The van der Waals surface area contributed by atoms with Crippen molar-refractivity contribution in [2.75, 3.05) is 47.4 Å². The van der Waals surface area contributed by atoms with E-state index in [1.165, 1.54) is 14.4 Å². The molecule has 4 aromatic rings. The van der Waals surface area contributed by atoms with Crippen molar-refractivity contribution >= 4 is 22.9 Å². The molecule has 1 aromatic heterocycles. The van der Waals surface area contributed by atoms with Crippen LogP contribution < -0.4 is 10.3 Å². The second-order valence-corrected chi connectivity index (χ2v) is 13.6. The first kappa shape index (κ1) is 39.8. The SMILES string of the molecule is CCOc1ccc(-n2c(C(CCN(C)C(=O)OC(C)(C)C)N(CCN(C)C)C(=O)Cc3ccc(C(F)(F)F)c(F)c3)nc3ccccc3c2=O)cc1. The van der Waals surface area contributed by atoms with Gasteiger partial charge in [0.2, 0.25) is 5.91 Å². The first-order chi connectivity index (χ1) is 24.4. The molecule has 0 aliphatic heterocycles. The third kappa shape index (κ3) is 10.1. The van der Waals surface area contributed by atoms with Gasteiger partial charge < -0.3 is 24.2 Å². The van der Waals surface area contributed by atoms with E-state index in [2.05, 4.69) is 0 Å². The molecular weight excluding hydrogens is 682 g/mol. The van der Waals surface area contributed by atoms with Gasteiger partial charge in [-0.1, -0.05) is 18.2 Å². The molecule has 3 aromatic carbocycles. The zero-order chi connectivity index (χ0) is 38.4. The Kier molecular flexibility index (Phi) is 12.7. The van der Waals surface area contributed by atoms with Crippen molar-refractivity contribution in [1.29, 1.82) is 0 Å². The lowest BCUT2D eigenvalue weighted by molar-refractivity contribution is -0.140. The highest BCUT2D eigenvalue weighted by molar-refractivity contribution is 5.80. The molecule has 4 rings (SSSR count). The number of fused-ring (bicyclic) bond motifs is 1. The number of ether oxygens (including phenoxy) is 2. The number of alkyl halides is 3. The van der Waals surface area contributed by atoms with Gasteiger partial charge in [0.25, 0.3) is 5.56 Å². The van der Waals surface area contributed by atoms with Crippen LogP contribution in [0.3, 0.4) is 0 Å². The lowest BCUT2D eigenvalue weighted by atomic mass is 10.0. The number of halogens is 4. The molecule has 1 atom stereocenters. The molecule has 14 heteroatoms. The zero-order valence-electron chi connectivity index (χ0n) is 30.5. The number of carbonyl (C=O) groups excluding carboxylic acids is 2. The maximum Gasteiger partial charge on any atom is 0.419 e. The molecule has 0 radical (unpaired) electrons. The Hall–Kier alpha value is -4.98. The summed E-state index contributed by atoms with van der Waals surface area (Å²) in [4.78, 5) is 51.3. The van der Waals surface area contributed by atoms with Crippen LogP contribution in [0.4, 0.5) is 22.4 Å². The predicted octanol–water partition coefficient (Wildman–Crippen LogP) is 6.87. The molecule has 1 unspecified atom stereocenters. The predicted molar refractivity (Wildman–Crippen MR) is 190 cm³/mol. The van der Waals surface area contributed by atoms with Crippen LogP contribution in [-0.2, 0) is 22.1 Å². The lowest BCUT2D eigenvalue weighted by Crippen LogP contribution is -2.44. The maximum absolute atomic E-state index is 14.6. The number of likely N-dealkylation sites (N-methyl/N-ethyl adjacent to an activating group) is 1. The minimum Gasteiger partial charge on any atom is -0.494 e. The van der Waals surface area contributed by atoms with Crippen LogP contribution in [-0.4, -0.2) is 89.2 Å². The van der Waals surface area contributed by atoms with Crippen molar-refractivity contribution in [3.05, 3.63) is 99.9 Å². The van der Waals surface area contributed by atoms with Crippen LogP contribution in [0.2, 0.25) is 0 Å². The Balaban J connectivity index is 1.90. The summed E-state index contributed by atoms with van der Waals surface area (Å²) in [5, 5.41) is 0.330. The Morgan fingerprint density at radius 2 is 1.60 bits per heavy atom. The number of benzene rings is 3. The molecule has 10 nitrogen and oxygen atoms in total. The second kappa shape index (κ2) is 16.6. The number of hydrogen-bond acceptors (Lipinski definition) is 7. The topological polar surface area (TPSA) is 97.2 Å². The van der Waals surface area contributed by atoms with E-state index >= 15 is 0 Å². The number of amides is 2. The van der Waals surface area contributed by atoms with Gasteiger partial charge in [0, 0.05) is 26.7 Å². The van der Waals surface area contributed by atoms with Crippen LogP contribution in [0.1, 0.15) is 57.1 Å². The molecule has 1 heterocycles. The average molecular weight is 728 g/mol. The molecule has 0 bridgehead atoms. The fraction of sp³-hybridized carbons (Fsp3) is 0.421. The summed E-state index contributed by atoms with van der Waals surface area (Å²) in [6.07, 6.45) is -5.87. The highest BCUT2D eigenvalue weighted by Gasteiger charge is 2.35. The Morgan fingerprint density at radius 1 is 0.923 bits per heavy atom. The molecule has 52 heavy (non-hydrogen) atoms. The number of nitrogens with zero attached hydrogens (tertiary/aromatic N) is 5. The molecule has 280 valence electrons. The Morgan fingerprint density at radius 3 is 2.19 bits per heavy atom. The van der Waals surface area contributed by atoms with E-state index in [4.69, 9.17) is 14.5 Å².